The summed E-state index contributed by atoms with van der Waals surface area (Å²) in [6.45, 7) is 1.77. The van der Waals surface area contributed by atoms with Crippen LogP contribution in [0, 0.1) is 5.82 Å². The van der Waals surface area contributed by atoms with Crippen molar-refractivity contribution in [3.05, 3.63) is 149 Å². The molecule has 0 fully saturated rings. The molecule has 1 amide bonds. The van der Waals surface area contributed by atoms with Crippen LogP contribution in [0.5, 0.6) is 17.2 Å². The molecule has 1 aromatic heterocycles. The molecule has 8 nitrogen and oxygen atoms in total. The van der Waals surface area contributed by atoms with Gasteiger partial charge in [-0.3, -0.25) is 14.2 Å². The number of nitrogens with zero attached hydrogens (tertiary/aromatic N) is 2. The molecule has 47 heavy (non-hydrogen) atoms. The molecule has 0 aliphatic carbocycles. The average Bonchev–Trinajstić information content (AvgIpc) is 3.37. The number of hydrogen-bond donors (Lipinski definition) is 1. The molecule has 6 rings (SSSR count). The molecule has 4 aromatic carbocycles. The standard InChI is InChI=1S/C36H29BrFN3O5S/c1-21-31(34(42)40-25-12-5-4-6-13-25)32(23-11-9-14-26(19-23)44-2)41-35(43)30(47-36(41)39-21)18-22-16-27(37)33(29(17-22)45-3)46-20-24-10-7-8-15-28(24)38/h4-19,32H,20H2,1-3H3,(H,40,42)/b30-18-/t32-/m1/s1. The van der Waals surface area contributed by atoms with E-state index >= 15 is 0 Å². The van der Waals surface area contributed by atoms with Gasteiger partial charge >= 0.3 is 0 Å². The molecule has 11 heteroatoms. The fourth-order valence-electron chi connectivity index (χ4n) is 5.34. The molecule has 2 heterocycles. The van der Waals surface area contributed by atoms with E-state index in [4.69, 9.17) is 19.2 Å². The lowest BCUT2D eigenvalue weighted by Crippen LogP contribution is -2.40. The lowest BCUT2D eigenvalue weighted by molar-refractivity contribution is -0.113. The lowest BCUT2D eigenvalue weighted by Gasteiger charge is -2.25. The van der Waals surface area contributed by atoms with Crippen molar-refractivity contribution >= 4 is 44.9 Å². The number of nitrogens with one attached hydrogen (secondary N) is 1. The summed E-state index contributed by atoms with van der Waals surface area (Å²) in [7, 11) is 3.08. The molecule has 5 aromatic rings. The van der Waals surface area contributed by atoms with Crippen molar-refractivity contribution in [2.24, 2.45) is 4.99 Å². The van der Waals surface area contributed by atoms with E-state index in [1.54, 1.807) is 67.1 Å². The molecule has 1 aliphatic rings. The van der Waals surface area contributed by atoms with E-state index in [2.05, 4.69) is 21.2 Å². The van der Waals surface area contributed by atoms with Crippen LogP contribution in [0.3, 0.4) is 0 Å². The topological polar surface area (TPSA) is 91.2 Å². The minimum atomic E-state index is -0.761. The van der Waals surface area contributed by atoms with Gasteiger partial charge < -0.3 is 19.5 Å². The number of carbonyl (C=O) groups is 1. The Labute approximate surface area is 282 Å². The summed E-state index contributed by atoms with van der Waals surface area (Å²) in [5.41, 5.74) is 2.93. The van der Waals surface area contributed by atoms with Crippen molar-refractivity contribution in [3.63, 3.8) is 0 Å². The largest absolute Gasteiger partial charge is 0.497 e. The van der Waals surface area contributed by atoms with Gasteiger partial charge in [0.2, 0.25) is 0 Å². The van der Waals surface area contributed by atoms with Gasteiger partial charge in [0.25, 0.3) is 11.5 Å². The number of ether oxygens (including phenoxy) is 3. The second-order valence-corrected chi connectivity index (χ2v) is 12.5. The van der Waals surface area contributed by atoms with E-state index in [0.29, 0.717) is 64.7 Å². The van der Waals surface area contributed by atoms with E-state index in [0.717, 1.165) is 0 Å². The van der Waals surface area contributed by atoms with Crippen LogP contribution in [0.25, 0.3) is 6.08 Å². The molecule has 0 radical (unpaired) electrons. The molecule has 1 aliphatic heterocycles. The molecule has 0 unspecified atom stereocenters. The van der Waals surface area contributed by atoms with Gasteiger partial charge in [-0.15, -0.1) is 0 Å². The molecule has 1 N–H and O–H groups in total. The molecule has 0 saturated heterocycles. The zero-order valence-electron chi connectivity index (χ0n) is 25.6. The Hall–Kier alpha value is -5.00. The summed E-state index contributed by atoms with van der Waals surface area (Å²) in [5, 5.41) is 2.96. The zero-order valence-corrected chi connectivity index (χ0v) is 28.0. The highest BCUT2D eigenvalue weighted by Gasteiger charge is 2.33. The first-order valence-corrected chi connectivity index (χ1v) is 16.1. The number of anilines is 1. The zero-order chi connectivity index (χ0) is 33.1. The highest BCUT2D eigenvalue weighted by molar-refractivity contribution is 9.10. The maximum atomic E-state index is 14.2. The summed E-state index contributed by atoms with van der Waals surface area (Å²) < 4.78 is 33.7. The molecule has 238 valence electrons. The van der Waals surface area contributed by atoms with E-state index in [1.807, 2.05) is 42.5 Å². The highest BCUT2D eigenvalue weighted by atomic mass is 79.9. The second-order valence-electron chi connectivity index (χ2n) is 10.6. The van der Waals surface area contributed by atoms with Crippen molar-refractivity contribution < 1.29 is 23.4 Å². The van der Waals surface area contributed by atoms with E-state index in [-0.39, 0.29) is 23.9 Å². The Morgan fingerprint density at radius 1 is 1.02 bits per heavy atom. The molecule has 1 atom stereocenters. The van der Waals surface area contributed by atoms with Crippen LogP contribution in [0.2, 0.25) is 0 Å². The lowest BCUT2D eigenvalue weighted by atomic mass is 9.95. The summed E-state index contributed by atoms with van der Waals surface area (Å²) in [6, 6.07) is 25.6. The number of amides is 1. The van der Waals surface area contributed by atoms with Crippen molar-refractivity contribution in [2.75, 3.05) is 19.5 Å². The first-order valence-electron chi connectivity index (χ1n) is 14.5. The fourth-order valence-corrected chi connectivity index (χ4v) is 6.96. The van der Waals surface area contributed by atoms with Crippen molar-refractivity contribution in [2.45, 2.75) is 19.6 Å². The van der Waals surface area contributed by atoms with Gasteiger partial charge in [-0.05, 0) is 82.5 Å². The van der Waals surface area contributed by atoms with Gasteiger partial charge in [-0.2, -0.15) is 0 Å². The quantitative estimate of drug-likeness (QED) is 0.192. The maximum absolute atomic E-state index is 14.2. The number of para-hydroxylation sites is 1. The normalized spacial score (nSPS) is 14.3. The third-order valence-electron chi connectivity index (χ3n) is 7.59. The van der Waals surface area contributed by atoms with Crippen LogP contribution in [-0.2, 0) is 11.4 Å². The molecule has 0 bridgehead atoms. The minimum absolute atomic E-state index is 0.00336. The predicted molar refractivity (Wildman–Crippen MR) is 183 cm³/mol. The van der Waals surface area contributed by atoms with Crippen molar-refractivity contribution in [1.29, 1.82) is 0 Å². The first-order chi connectivity index (χ1) is 22.8. The first kappa shape index (κ1) is 32.0. The summed E-state index contributed by atoms with van der Waals surface area (Å²) in [4.78, 5) is 33.2. The Balaban J connectivity index is 1.42. The number of aromatic nitrogens is 1. The molecular weight excluding hydrogens is 685 g/mol. The Morgan fingerprint density at radius 2 is 1.79 bits per heavy atom. The molecule has 0 saturated carbocycles. The number of hydrogen-bond acceptors (Lipinski definition) is 7. The Morgan fingerprint density at radius 3 is 2.53 bits per heavy atom. The number of allylic oxidation sites excluding steroid dienone is 1. The smallest absolute Gasteiger partial charge is 0.271 e. The monoisotopic (exact) mass is 713 g/mol. The maximum Gasteiger partial charge on any atom is 0.271 e. The third-order valence-corrected chi connectivity index (χ3v) is 9.16. The van der Waals surface area contributed by atoms with Crippen molar-refractivity contribution in [3.8, 4) is 17.2 Å². The SMILES string of the molecule is COc1cccc([C@@H]2C(C(=O)Nc3ccccc3)=C(C)N=c3s/c(=C\c4cc(Br)c(OCc5ccccc5F)c(OC)c4)c(=O)n32)c1. The van der Waals surface area contributed by atoms with Gasteiger partial charge in [0, 0.05) is 11.3 Å². The van der Waals surface area contributed by atoms with Crippen LogP contribution in [0.1, 0.15) is 29.7 Å². The summed E-state index contributed by atoms with van der Waals surface area (Å²) >= 11 is 4.77. The van der Waals surface area contributed by atoms with Gasteiger partial charge in [0.15, 0.2) is 16.3 Å². The van der Waals surface area contributed by atoms with Gasteiger partial charge in [-0.25, -0.2) is 9.38 Å². The molecular formula is C36H29BrFN3O5S. The Bertz CT molecular complexity index is 2200. The summed E-state index contributed by atoms with van der Waals surface area (Å²) in [5.74, 6) is 0.671. The fraction of sp³-hybridized carbons (Fsp3) is 0.139. The van der Waals surface area contributed by atoms with Crippen LogP contribution < -0.4 is 34.4 Å². The van der Waals surface area contributed by atoms with E-state index < -0.39 is 6.04 Å². The van der Waals surface area contributed by atoms with Gasteiger partial charge in [0.05, 0.1) is 40.5 Å². The van der Waals surface area contributed by atoms with Gasteiger partial charge in [-0.1, -0.05) is 59.9 Å². The van der Waals surface area contributed by atoms with E-state index in [9.17, 15) is 14.0 Å². The minimum Gasteiger partial charge on any atom is -0.497 e. The number of fused-ring (bicyclic) bond motifs is 1. The summed E-state index contributed by atoms with van der Waals surface area (Å²) in [6.07, 6.45) is 1.74. The average molecular weight is 715 g/mol. The van der Waals surface area contributed by atoms with Crippen LogP contribution >= 0.6 is 27.3 Å². The number of benzene rings is 4. The van der Waals surface area contributed by atoms with Crippen LogP contribution in [0.15, 0.2) is 117 Å². The van der Waals surface area contributed by atoms with Crippen LogP contribution in [-0.4, -0.2) is 24.7 Å². The van der Waals surface area contributed by atoms with Crippen molar-refractivity contribution in [1.82, 2.24) is 4.57 Å². The number of carbonyl (C=O) groups excluding carboxylic acids is 1. The van der Waals surface area contributed by atoms with Gasteiger partial charge in [0.1, 0.15) is 18.2 Å². The third kappa shape index (κ3) is 6.63. The number of methoxy groups -OCH3 is 2. The van der Waals surface area contributed by atoms with Crippen LogP contribution in [0.4, 0.5) is 10.1 Å². The number of thiazole rings is 1. The Kier molecular flexibility index (Phi) is 9.37. The predicted octanol–water partition coefficient (Wildman–Crippen LogP) is 6.37. The highest BCUT2D eigenvalue weighted by Crippen LogP contribution is 2.38. The van der Waals surface area contributed by atoms with E-state index in [1.165, 1.54) is 24.5 Å². The number of halogens is 2. The number of rotatable bonds is 9. The second kappa shape index (κ2) is 13.8. The molecule has 0 spiro atoms.